The number of carbonyl (C=O) groups excluding carboxylic acids is 2. The molecule has 150 valence electrons. The Labute approximate surface area is 172 Å². The molecule has 0 spiro atoms. The van der Waals surface area contributed by atoms with E-state index in [0.29, 0.717) is 13.0 Å². The minimum atomic E-state index is -0.111. The van der Waals surface area contributed by atoms with Crippen LogP contribution >= 0.6 is 0 Å². The molecule has 2 aliphatic heterocycles. The van der Waals surface area contributed by atoms with Gasteiger partial charge in [-0.3, -0.25) is 9.59 Å². The summed E-state index contributed by atoms with van der Waals surface area (Å²) < 4.78 is 0. The van der Waals surface area contributed by atoms with E-state index in [2.05, 4.69) is 28.4 Å². The van der Waals surface area contributed by atoms with E-state index < -0.39 is 0 Å². The number of anilines is 2. The molecular formula is C24H27N3O2. The highest BCUT2D eigenvalue weighted by molar-refractivity contribution is 5.95. The Morgan fingerprint density at radius 3 is 2.45 bits per heavy atom. The van der Waals surface area contributed by atoms with Gasteiger partial charge in [0, 0.05) is 50.1 Å². The van der Waals surface area contributed by atoms with Gasteiger partial charge in [0.05, 0.1) is 0 Å². The van der Waals surface area contributed by atoms with Crippen molar-refractivity contribution in [2.24, 2.45) is 0 Å². The quantitative estimate of drug-likeness (QED) is 0.766. The lowest BCUT2D eigenvalue weighted by Gasteiger charge is -2.21. The molecule has 2 amide bonds. The van der Waals surface area contributed by atoms with Crippen LogP contribution in [0.1, 0.15) is 36.8 Å². The maximum Gasteiger partial charge on any atom is 0.244 e. The second-order valence-corrected chi connectivity index (χ2v) is 7.61. The molecule has 0 atom stereocenters. The highest BCUT2D eigenvalue weighted by atomic mass is 16.2. The third kappa shape index (κ3) is 4.67. The number of hydrogen-bond acceptors (Lipinski definition) is 3. The Balaban J connectivity index is 1.33. The SMILES string of the molecule is O=C(/C=C/c1ccc(N2CCCC2=O)cc1)NCc1ccccc1N1CCCC1. The van der Waals surface area contributed by atoms with Gasteiger partial charge in [-0.1, -0.05) is 30.3 Å². The number of nitrogens with zero attached hydrogens (tertiary/aromatic N) is 2. The number of amides is 2. The lowest BCUT2D eigenvalue weighted by Crippen LogP contribution is -2.24. The van der Waals surface area contributed by atoms with Crippen LogP contribution < -0.4 is 15.1 Å². The maximum absolute atomic E-state index is 12.3. The number of rotatable bonds is 6. The van der Waals surface area contributed by atoms with Gasteiger partial charge in [0.2, 0.25) is 11.8 Å². The number of hydrogen-bond donors (Lipinski definition) is 1. The first kappa shape index (κ1) is 19.2. The van der Waals surface area contributed by atoms with Gasteiger partial charge in [-0.15, -0.1) is 0 Å². The molecule has 0 saturated carbocycles. The molecule has 2 fully saturated rings. The van der Waals surface area contributed by atoms with Crippen LogP contribution in [-0.2, 0) is 16.1 Å². The van der Waals surface area contributed by atoms with Crippen molar-refractivity contribution in [3.63, 3.8) is 0 Å². The second-order valence-electron chi connectivity index (χ2n) is 7.61. The van der Waals surface area contributed by atoms with Gasteiger partial charge in [0.1, 0.15) is 0 Å². The van der Waals surface area contributed by atoms with E-state index in [-0.39, 0.29) is 11.8 Å². The van der Waals surface area contributed by atoms with E-state index in [1.54, 1.807) is 12.2 Å². The Hall–Kier alpha value is -3.08. The van der Waals surface area contributed by atoms with Gasteiger partial charge in [-0.05, 0) is 54.7 Å². The third-order valence-corrected chi connectivity index (χ3v) is 5.60. The van der Waals surface area contributed by atoms with Crippen molar-refractivity contribution in [3.05, 3.63) is 65.7 Å². The number of carbonyl (C=O) groups is 2. The molecule has 2 aromatic carbocycles. The van der Waals surface area contributed by atoms with E-state index in [1.807, 2.05) is 35.2 Å². The largest absolute Gasteiger partial charge is 0.371 e. The van der Waals surface area contributed by atoms with Crippen molar-refractivity contribution in [2.75, 3.05) is 29.4 Å². The van der Waals surface area contributed by atoms with Gasteiger partial charge in [-0.25, -0.2) is 0 Å². The van der Waals surface area contributed by atoms with E-state index >= 15 is 0 Å². The highest BCUT2D eigenvalue weighted by Gasteiger charge is 2.21. The lowest BCUT2D eigenvalue weighted by atomic mass is 10.1. The summed E-state index contributed by atoms with van der Waals surface area (Å²) in [4.78, 5) is 28.3. The molecular weight excluding hydrogens is 362 g/mol. The van der Waals surface area contributed by atoms with Crippen LogP contribution in [0.3, 0.4) is 0 Å². The van der Waals surface area contributed by atoms with Crippen molar-refractivity contribution in [3.8, 4) is 0 Å². The van der Waals surface area contributed by atoms with Gasteiger partial charge in [0.15, 0.2) is 0 Å². The summed E-state index contributed by atoms with van der Waals surface area (Å²) in [5.41, 5.74) is 4.23. The van der Waals surface area contributed by atoms with E-state index in [0.717, 1.165) is 42.9 Å². The molecule has 29 heavy (non-hydrogen) atoms. The predicted octanol–water partition coefficient (Wildman–Crippen LogP) is 3.74. The zero-order valence-electron chi connectivity index (χ0n) is 16.6. The van der Waals surface area contributed by atoms with Crippen LogP contribution in [-0.4, -0.2) is 31.4 Å². The zero-order chi connectivity index (χ0) is 20.1. The predicted molar refractivity (Wildman–Crippen MR) is 117 cm³/mol. The molecule has 4 rings (SSSR count). The van der Waals surface area contributed by atoms with Gasteiger partial charge in [-0.2, -0.15) is 0 Å². The molecule has 2 saturated heterocycles. The maximum atomic E-state index is 12.3. The first-order valence-electron chi connectivity index (χ1n) is 10.4. The van der Waals surface area contributed by atoms with Gasteiger partial charge >= 0.3 is 0 Å². The lowest BCUT2D eigenvalue weighted by molar-refractivity contribution is -0.117. The van der Waals surface area contributed by atoms with Crippen LogP contribution in [0.4, 0.5) is 11.4 Å². The van der Waals surface area contributed by atoms with Gasteiger partial charge < -0.3 is 15.1 Å². The van der Waals surface area contributed by atoms with Crippen molar-refractivity contribution in [1.29, 1.82) is 0 Å². The molecule has 0 bridgehead atoms. The van der Waals surface area contributed by atoms with E-state index in [4.69, 9.17) is 0 Å². The average molecular weight is 389 g/mol. The first-order chi connectivity index (χ1) is 14.2. The summed E-state index contributed by atoms with van der Waals surface area (Å²) in [5.74, 6) is 0.0712. The molecule has 0 aliphatic carbocycles. The van der Waals surface area contributed by atoms with Crippen LogP contribution in [0.5, 0.6) is 0 Å². The number of para-hydroxylation sites is 1. The fourth-order valence-corrected chi connectivity index (χ4v) is 4.03. The monoisotopic (exact) mass is 389 g/mol. The minimum Gasteiger partial charge on any atom is -0.371 e. The summed E-state index contributed by atoms with van der Waals surface area (Å²) in [5, 5.41) is 2.99. The smallest absolute Gasteiger partial charge is 0.244 e. The van der Waals surface area contributed by atoms with Crippen molar-refractivity contribution < 1.29 is 9.59 Å². The van der Waals surface area contributed by atoms with Crippen LogP contribution in [0.15, 0.2) is 54.6 Å². The minimum absolute atomic E-state index is 0.111. The third-order valence-electron chi connectivity index (χ3n) is 5.60. The summed E-state index contributed by atoms with van der Waals surface area (Å²) in [7, 11) is 0. The molecule has 2 aliphatic rings. The Morgan fingerprint density at radius 2 is 1.72 bits per heavy atom. The molecule has 5 heteroatoms. The topological polar surface area (TPSA) is 52.7 Å². The van der Waals surface area contributed by atoms with Crippen LogP contribution in [0.2, 0.25) is 0 Å². The van der Waals surface area contributed by atoms with E-state index in [9.17, 15) is 9.59 Å². The van der Waals surface area contributed by atoms with Crippen molar-refractivity contribution in [1.82, 2.24) is 5.32 Å². The summed E-state index contributed by atoms with van der Waals surface area (Å²) >= 11 is 0. The molecule has 0 radical (unpaired) electrons. The van der Waals surface area contributed by atoms with Crippen molar-refractivity contribution >= 4 is 29.3 Å². The number of nitrogens with one attached hydrogen (secondary N) is 1. The Bertz CT molecular complexity index is 899. The van der Waals surface area contributed by atoms with Crippen LogP contribution in [0, 0.1) is 0 Å². The molecule has 1 N–H and O–H groups in total. The molecule has 5 nitrogen and oxygen atoms in total. The van der Waals surface area contributed by atoms with E-state index in [1.165, 1.54) is 18.5 Å². The second kappa shape index (κ2) is 8.95. The molecule has 2 heterocycles. The molecule has 2 aromatic rings. The average Bonchev–Trinajstić information content (AvgIpc) is 3.43. The fraction of sp³-hybridized carbons (Fsp3) is 0.333. The summed E-state index contributed by atoms with van der Waals surface area (Å²) in [6, 6.07) is 16.0. The fourth-order valence-electron chi connectivity index (χ4n) is 4.03. The first-order valence-corrected chi connectivity index (χ1v) is 10.4. The standard InChI is InChI=1S/C24H27N3O2/c28-23(25-18-20-6-1-2-7-22(20)26-15-3-4-16-26)14-11-19-9-12-21(13-10-19)27-17-5-8-24(27)29/h1-2,6-7,9-14H,3-5,8,15-18H2,(H,25,28)/b14-11+. The molecule has 0 aromatic heterocycles. The Morgan fingerprint density at radius 1 is 0.966 bits per heavy atom. The normalized spacial score (nSPS) is 16.8. The zero-order valence-corrected chi connectivity index (χ0v) is 16.6. The van der Waals surface area contributed by atoms with Crippen molar-refractivity contribution in [2.45, 2.75) is 32.2 Å². The number of benzene rings is 2. The summed E-state index contributed by atoms with van der Waals surface area (Å²) in [6.45, 7) is 3.48. The summed E-state index contributed by atoms with van der Waals surface area (Å²) in [6.07, 6.45) is 7.37. The van der Waals surface area contributed by atoms with Gasteiger partial charge in [0.25, 0.3) is 0 Å². The highest BCUT2D eigenvalue weighted by Crippen LogP contribution is 2.24. The van der Waals surface area contributed by atoms with Crippen LogP contribution in [0.25, 0.3) is 6.08 Å². The molecule has 0 unspecified atom stereocenters. The Kier molecular flexibility index (Phi) is 5.94.